The number of amides is 1. The lowest BCUT2D eigenvalue weighted by atomic mass is 9.79. The lowest BCUT2D eigenvalue weighted by Gasteiger charge is -2.49. The van der Waals surface area contributed by atoms with E-state index in [0.717, 1.165) is 29.0 Å². The minimum Gasteiger partial charge on any atom is -0.462 e. The second kappa shape index (κ2) is 5.83. The fraction of sp³-hybridized carbons (Fsp3) is 0.529. The molecule has 3 aliphatic rings. The molecule has 1 amide bonds. The number of rotatable bonds is 3. The van der Waals surface area contributed by atoms with E-state index in [0.29, 0.717) is 17.7 Å². The Balaban J connectivity index is 1.57. The molecule has 0 aromatic carbocycles. The molecule has 3 saturated heterocycles. The molecule has 3 aliphatic heterocycles. The minimum atomic E-state index is -0.0780. The van der Waals surface area contributed by atoms with Crippen LogP contribution in [0, 0.1) is 5.92 Å². The number of nitrogens with zero attached hydrogens (tertiary/aromatic N) is 2. The highest BCUT2D eigenvalue weighted by molar-refractivity contribution is 7.98. The highest BCUT2D eigenvalue weighted by atomic mass is 32.2. The molecule has 2 unspecified atom stereocenters. The Bertz CT molecular complexity index is 735. The quantitative estimate of drug-likeness (QED) is 0.877. The monoisotopic (exact) mass is 331 g/mol. The molecule has 2 bridgehead atoms. The highest BCUT2D eigenvalue weighted by Gasteiger charge is 2.40. The van der Waals surface area contributed by atoms with Crippen molar-refractivity contribution in [3.63, 3.8) is 0 Å². The summed E-state index contributed by atoms with van der Waals surface area (Å²) in [5.74, 6) is 0.518. The molecule has 122 valence electrons. The van der Waals surface area contributed by atoms with Crippen molar-refractivity contribution in [1.29, 1.82) is 0 Å². The first kappa shape index (κ1) is 15.0. The van der Waals surface area contributed by atoms with Crippen molar-refractivity contribution < 1.29 is 9.21 Å². The zero-order valence-electron chi connectivity index (χ0n) is 13.4. The van der Waals surface area contributed by atoms with Crippen molar-refractivity contribution in [1.82, 2.24) is 15.2 Å². The summed E-state index contributed by atoms with van der Waals surface area (Å²) in [5.41, 5.74) is 1.19. The molecule has 5 nitrogen and oxygen atoms in total. The second-order valence-corrected chi connectivity index (χ2v) is 7.33. The fourth-order valence-electron chi connectivity index (χ4n) is 3.96. The Morgan fingerprint density at radius 3 is 2.91 bits per heavy atom. The van der Waals surface area contributed by atoms with Crippen LogP contribution in [0.2, 0.25) is 0 Å². The van der Waals surface area contributed by atoms with Crippen molar-refractivity contribution in [3.05, 3.63) is 24.2 Å². The third-order valence-corrected chi connectivity index (χ3v) is 6.11. The van der Waals surface area contributed by atoms with Crippen LogP contribution in [-0.2, 0) is 0 Å². The van der Waals surface area contributed by atoms with E-state index in [1.54, 1.807) is 24.2 Å². The van der Waals surface area contributed by atoms with Crippen molar-refractivity contribution >= 4 is 28.6 Å². The summed E-state index contributed by atoms with van der Waals surface area (Å²) in [6.45, 7) is 4.54. The molecular weight excluding hydrogens is 310 g/mol. The summed E-state index contributed by atoms with van der Waals surface area (Å²) in [5, 5.41) is 4.19. The van der Waals surface area contributed by atoms with E-state index in [9.17, 15) is 4.79 Å². The van der Waals surface area contributed by atoms with Gasteiger partial charge in [0.2, 0.25) is 0 Å². The van der Waals surface area contributed by atoms with Crippen LogP contribution in [0.25, 0.3) is 11.0 Å². The van der Waals surface area contributed by atoms with Gasteiger partial charge < -0.3 is 9.73 Å². The van der Waals surface area contributed by atoms with E-state index in [4.69, 9.17) is 4.42 Å². The van der Waals surface area contributed by atoms with Gasteiger partial charge in [0.25, 0.3) is 5.91 Å². The maximum atomic E-state index is 12.7. The lowest BCUT2D eigenvalue weighted by Crippen LogP contribution is -2.62. The van der Waals surface area contributed by atoms with Gasteiger partial charge in [0.1, 0.15) is 12.0 Å². The molecule has 6 heteroatoms. The first-order valence-electron chi connectivity index (χ1n) is 8.13. The summed E-state index contributed by atoms with van der Waals surface area (Å²) in [4.78, 5) is 20.5. The van der Waals surface area contributed by atoms with Crippen molar-refractivity contribution in [2.75, 3.05) is 19.3 Å². The summed E-state index contributed by atoms with van der Waals surface area (Å²) >= 11 is 1.61. The number of piperidine rings is 3. The van der Waals surface area contributed by atoms with Gasteiger partial charge in [-0.25, -0.2) is 4.98 Å². The van der Waals surface area contributed by atoms with Gasteiger partial charge in [-0.05, 0) is 51.1 Å². The molecule has 23 heavy (non-hydrogen) atoms. The Labute approximate surface area is 139 Å². The molecule has 0 spiro atoms. The molecule has 1 N–H and O–H groups in total. The summed E-state index contributed by atoms with van der Waals surface area (Å²) < 4.78 is 5.46. The predicted octanol–water partition coefficient (Wildman–Crippen LogP) is 2.76. The summed E-state index contributed by atoms with van der Waals surface area (Å²) in [7, 11) is 0. The van der Waals surface area contributed by atoms with Crippen molar-refractivity contribution in [3.8, 4) is 0 Å². The molecule has 5 heterocycles. The largest absolute Gasteiger partial charge is 0.462 e. The van der Waals surface area contributed by atoms with Gasteiger partial charge in [-0.1, -0.05) is 0 Å². The molecule has 5 rings (SSSR count). The average molecular weight is 331 g/mol. The normalized spacial score (nSPS) is 29.8. The molecule has 2 aromatic heterocycles. The number of carbonyl (C=O) groups is 1. The standard InChI is InChI=1S/C17H21N3O2S/c1-10-16(11-3-5-20(10)6-4-11)19-17(21)13-7-12-14(8-18-13)22-9-15(12)23-2/h7-11,16H,3-6H2,1-2H3,(H,19,21). The number of thioether (sulfide) groups is 1. The fourth-order valence-corrected chi connectivity index (χ4v) is 4.49. The topological polar surface area (TPSA) is 58.4 Å². The third-order valence-electron chi connectivity index (χ3n) is 5.35. The maximum Gasteiger partial charge on any atom is 0.270 e. The number of fused-ring (bicyclic) bond motifs is 4. The van der Waals surface area contributed by atoms with Crippen molar-refractivity contribution in [2.45, 2.75) is 36.7 Å². The maximum absolute atomic E-state index is 12.7. The first-order chi connectivity index (χ1) is 11.2. The first-order valence-corrected chi connectivity index (χ1v) is 9.36. The molecule has 0 aliphatic carbocycles. The van der Waals surface area contributed by atoms with Gasteiger partial charge in [-0.15, -0.1) is 11.8 Å². The van der Waals surface area contributed by atoms with E-state index >= 15 is 0 Å². The Morgan fingerprint density at radius 2 is 2.22 bits per heavy atom. The third kappa shape index (κ3) is 2.54. The zero-order valence-corrected chi connectivity index (χ0v) is 14.2. The van der Waals surface area contributed by atoms with Crippen molar-refractivity contribution in [2.24, 2.45) is 5.92 Å². The van der Waals surface area contributed by atoms with Crippen LogP contribution in [0.4, 0.5) is 0 Å². The van der Waals surface area contributed by atoms with Gasteiger partial charge in [-0.3, -0.25) is 9.69 Å². The highest BCUT2D eigenvalue weighted by Crippen LogP contribution is 2.32. The van der Waals surface area contributed by atoms with Crippen LogP contribution in [-0.4, -0.2) is 47.2 Å². The Morgan fingerprint density at radius 1 is 1.43 bits per heavy atom. The van der Waals surface area contributed by atoms with Crippen LogP contribution < -0.4 is 5.32 Å². The number of nitrogens with one attached hydrogen (secondary N) is 1. The van der Waals surface area contributed by atoms with E-state index < -0.39 is 0 Å². The Kier molecular flexibility index (Phi) is 3.81. The predicted molar refractivity (Wildman–Crippen MR) is 90.8 cm³/mol. The van der Waals surface area contributed by atoms with Gasteiger partial charge in [0, 0.05) is 17.5 Å². The second-order valence-electron chi connectivity index (χ2n) is 6.48. The Hall–Kier alpha value is -1.53. The molecule has 2 atom stereocenters. The lowest BCUT2D eigenvalue weighted by molar-refractivity contribution is 0.0216. The number of pyridine rings is 1. The number of carbonyl (C=O) groups excluding carboxylic acids is 1. The van der Waals surface area contributed by atoms with Crippen LogP contribution in [0.1, 0.15) is 30.3 Å². The minimum absolute atomic E-state index is 0.0780. The summed E-state index contributed by atoms with van der Waals surface area (Å²) in [6.07, 6.45) is 7.72. The number of furan rings is 1. The van der Waals surface area contributed by atoms with Gasteiger partial charge in [0.05, 0.1) is 11.1 Å². The van der Waals surface area contributed by atoms with E-state index in [-0.39, 0.29) is 11.9 Å². The van der Waals surface area contributed by atoms with E-state index in [1.807, 2.05) is 12.3 Å². The zero-order chi connectivity index (χ0) is 16.0. The number of aromatic nitrogens is 1. The SMILES string of the molecule is CSc1coc2cnc(C(=O)NC3C4CCN(CC4)C3C)cc12. The van der Waals surface area contributed by atoms with Crippen LogP contribution in [0.3, 0.4) is 0 Å². The number of hydrogen-bond donors (Lipinski definition) is 1. The molecule has 0 radical (unpaired) electrons. The number of hydrogen-bond acceptors (Lipinski definition) is 5. The molecule has 3 fully saturated rings. The van der Waals surface area contributed by atoms with Crippen LogP contribution in [0.5, 0.6) is 0 Å². The van der Waals surface area contributed by atoms with E-state index in [2.05, 4.69) is 22.1 Å². The van der Waals surface area contributed by atoms with E-state index in [1.165, 1.54) is 12.8 Å². The molecule has 2 aromatic rings. The average Bonchev–Trinajstić information content (AvgIpc) is 3.00. The summed E-state index contributed by atoms with van der Waals surface area (Å²) in [6, 6.07) is 2.48. The van der Waals surface area contributed by atoms with Gasteiger partial charge >= 0.3 is 0 Å². The van der Waals surface area contributed by atoms with Crippen LogP contribution in [0.15, 0.2) is 27.8 Å². The molecule has 0 saturated carbocycles. The smallest absolute Gasteiger partial charge is 0.270 e. The van der Waals surface area contributed by atoms with Gasteiger partial charge in [-0.2, -0.15) is 0 Å². The molecular formula is C17H21N3O2S. The van der Waals surface area contributed by atoms with Gasteiger partial charge in [0.15, 0.2) is 5.58 Å². The van der Waals surface area contributed by atoms with Crippen LogP contribution >= 0.6 is 11.8 Å².